The van der Waals surface area contributed by atoms with Crippen LogP contribution in [-0.2, 0) is 0 Å². The van der Waals surface area contributed by atoms with E-state index in [1.165, 1.54) is 6.07 Å². The van der Waals surface area contributed by atoms with E-state index in [1.807, 2.05) is 13.8 Å². The number of hydrogen-bond donors (Lipinski definition) is 4. The largest absolute Gasteiger partial charge is 0.370 e. The molecule has 20 heavy (non-hydrogen) atoms. The normalized spacial score (nSPS) is 11.3. The summed E-state index contributed by atoms with van der Waals surface area (Å²) in [5.41, 5.74) is 16.7. The maximum Gasteiger partial charge on any atom is 0.252 e. The van der Waals surface area contributed by atoms with E-state index in [-0.39, 0.29) is 28.9 Å². The number of guanidine groups is 2. The van der Waals surface area contributed by atoms with Crippen molar-refractivity contribution in [2.75, 3.05) is 0 Å². The minimum absolute atomic E-state index is 0.0220. The lowest BCUT2D eigenvalue weighted by Gasteiger charge is -2.09. The van der Waals surface area contributed by atoms with Gasteiger partial charge in [-0.1, -0.05) is 11.6 Å². The molecule has 0 heterocycles. The molecule has 0 atom stereocenters. The summed E-state index contributed by atoms with van der Waals surface area (Å²) in [6, 6.07) is 4.68. The first-order chi connectivity index (χ1) is 9.29. The summed E-state index contributed by atoms with van der Waals surface area (Å²) < 4.78 is 0. The lowest BCUT2D eigenvalue weighted by atomic mass is 10.2. The monoisotopic (exact) mass is 296 g/mol. The first kappa shape index (κ1) is 15.8. The quantitative estimate of drug-likeness (QED) is 0.482. The highest BCUT2D eigenvalue weighted by molar-refractivity contribution is 6.34. The van der Waals surface area contributed by atoms with E-state index in [0.717, 1.165) is 0 Å². The van der Waals surface area contributed by atoms with Crippen LogP contribution < -0.4 is 22.5 Å². The van der Waals surface area contributed by atoms with Crippen molar-refractivity contribution in [2.45, 2.75) is 19.9 Å². The van der Waals surface area contributed by atoms with E-state index in [9.17, 15) is 4.79 Å². The van der Waals surface area contributed by atoms with Crippen molar-refractivity contribution in [3.63, 3.8) is 0 Å². The van der Waals surface area contributed by atoms with Gasteiger partial charge in [-0.3, -0.25) is 4.79 Å². The van der Waals surface area contributed by atoms with E-state index < -0.39 is 0 Å². The van der Waals surface area contributed by atoms with Crippen LogP contribution in [0.15, 0.2) is 28.2 Å². The molecular formula is C12H17ClN6O. The Balaban J connectivity index is 2.99. The molecule has 108 valence electrons. The zero-order valence-electron chi connectivity index (χ0n) is 11.2. The zero-order valence-corrected chi connectivity index (χ0v) is 12.0. The van der Waals surface area contributed by atoms with E-state index in [2.05, 4.69) is 15.3 Å². The third-order valence-corrected chi connectivity index (χ3v) is 2.42. The number of nitrogens with zero attached hydrogens (tertiary/aromatic N) is 2. The smallest absolute Gasteiger partial charge is 0.252 e. The van der Waals surface area contributed by atoms with Gasteiger partial charge in [0.25, 0.3) is 5.91 Å². The highest BCUT2D eigenvalue weighted by Crippen LogP contribution is 2.23. The van der Waals surface area contributed by atoms with E-state index in [1.54, 1.807) is 12.1 Å². The molecule has 0 bridgehead atoms. The standard InChI is InChI=1S/C12H17ClN6O/c1-6(2)17-10(20)8-4-3-7(5-9(8)13)18-12(16)19-11(14)15/h3-6H,1-2H3,(H,17,20)(H6,14,15,16,18,19). The number of benzene rings is 1. The molecule has 0 spiro atoms. The number of rotatable bonds is 3. The van der Waals surface area contributed by atoms with E-state index in [0.29, 0.717) is 11.3 Å². The van der Waals surface area contributed by atoms with Crippen LogP contribution in [0, 0.1) is 0 Å². The van der Waals surface area contributed by atoms with Gasteiger partial charge in [-0.15, -0.1) is 0 Å². The van der Waals surface area contributed by atoms with Crippen molar-refractivity contribution < 1.29 is 4.79 Å². The topological polar surface area (TPSA) is 132 Å². The minimum atomic E-state index is -0.252. The maximum atomic E-state index is 11.8. The number of hydrogen-bond acceptors (Lipinski definition) is 2. The molecule has 0 saturated heterocycles. The number of amides is 1. The first-order valence-corrected chi connectivity index (χ1v) is 6.21. The molecule has 1 aromatic rings. The number of halogens is 1. The molecular weight excluding hydrogens is 280 g/mol. The van der Waals surface area contributed by atoms with E-state index >= 15 is 0 Å². The fourth-order valence-corrected chi connectivity index (χ4v) is 1.65. The van der Waals surface area contributed by atoms with Gasteiger partial charge in [-0.2, -0.15) is 4.99 Å². The fraction of sp³-hybridized carbons (Fsp3) is 0.250. The van der Waals surface area contributed by atoms with Gasteiger partial charge in [-0.25, -0.2) is 4.99 Å². The number of carbonyl (C=O) groups is 1. The van der Waals surface area contributed by atoms with Crippen molar-refractivity contribution in [3.8, 4) is 0 Å². The zero-order chi connectivity index (χ0) is 15.3. The molecule has 0 aromatic heterocycles. The Bertz CT molecular complexity index is 563. The Morgan fingerprint density at radius 2 is 1.95 bits per heavy atom. The van der Waals surface area contributed by atoms with Crippen molar-refractivity contribution in [3.05, 3.63) is 28.8 Å². The van der Waals surface area contributed by atoms with Crippen LogP contribution in [0.4, 0.5) is 5.69 Å². The number of nitrogens with two attached hydrogens (primary N) is 3. The van der Waals surface area contributed by atoms with Gasteiger partial charge in [-0.05, 0) is 32.0 Å². The van der Waals surface area contributed by atoms with Gasteiger partial charge in [0.2, 0.25) is 5.96 Å². The average molecular weight is 297 g/mol. The second kappa shape index (κ2) is 6.76. The molecule has 0 saturated carbocycles. The Morgan fingerprint density at radius 1 is 1.30 bits per heavy atom. The maximum absolute atomic E-state index is 11.8. The molecule has 0 unspecified atom stereocenters. The molecule has 0 radical (unpaired) electrons. The first-order valence-electron chi connectivity index (χ1n) is 5.83. The van der Waals surface area contributed by atoms with Crippen molar-refractivity contribution >= 4 is 35.1 Å². The van der Waals surface area contributed by atoms with Gasteiger partial charge in [0.15, 0.2) is 5.96 Å². The molecule has 1 aromatic carbocycles. The van der Waals surface area contributed by atoms with Crippen LogP contribution in [-0.4, -0.2) is 23.9 Å². The highest BCUT2D eigenvalue weighted by atomic mass is 35.5. The minimum Gasteiger partial charge on any atom is -0.370 e. The van der Waals surface area contributed by atoms with Crippen LogP contribution >= 0.6 is 11.6 Å². The Hall–Kier alpha value is -2.28. The number of carbonyl (C=O) groups excluding carboxylic acids is 1. The lowest BCUT2D eigenvalue weighted by molar-refractivity contribution is 0.0943. The Labute approximate surface area is 121 Å². The lowest BCUT2D eigenvalue weighted by Crippen LogP contribution is -2.30. The van der Waals surface area contributed by atoms with Gasteiger partial charge < -0.3 is 22.5 Å². The molecule has 0 aliphatic carbocycles. The third kappa shape index (κ3) is 4.77. The fourth-order valence-electron chi connectivity index (χ4n) is 1.39. The Kier molecular flexibility index (Phi) is 5.33. The van der Waals surface area contributed by atoms with Gasteiger partial charge in [0.05, 0.1) is 16.3 Å². The second-order valence-corrected chi connectivity index (χ2v) is 4.71. The summed E-state index contributed by atoms with van der Waals surface area (Å²) in [5, 5.41) is 3.01. The van der Waals surface area contributed by atoms with Crippen molar-refractivity contribution in [2.24, 2.45) is 27.2 Å². The summed E-state index contributed by atoms with van der Waals surface area (Å²) in [7, 11) is 0. The van der Waals surface area contributed by atoms with Crippen LogP contribution in [0.2, 0.25) is 5.02 Å². The second-order valence-electron chi connectivity index (χ2n) is 4.30. The predicted molar refractivity (Wildman–Crippen MR) is 81.1 cm³/mol. The summed E-state index contributed by atoms with van der Waals surface area (Å²) in [6.07, 6.45) is 0. The molecule has 7 N–H and O–H groups in total. The summed E-state index contributed by atoms with van der Waals surface area (Å²) >= 11 is 6.04. The summed E-state index contributed by atoms with van der Waals surface area (Å²) in [5.74, 6) is -0.538. The Morgan fingerprint density at radius 3 is 2.45 bits per heavy atom. The predicted octanol–water partition coefficient (Wildman–Crippen LogP) is 0.698. The van der Waals surface area contributed by atoms with Crippen LogP contribution in [0.5, 0.6) is 0 Å². The molecule has 0 fully saturated rings. The summed E-state index contributed by atoms with van der Waals surface area (Å²) in [6.45, 7) is 3.72. The molecule has 1 rings (SSSR count). The van der Waals surface area contributed by atoms with E-state index in [4.69, 9.17) is 28.8 Å². The highest BCUT2D eigenvalue weighted by Gasteiger charge is 2.11. The average Bonchev–Trinajstić information content (AvgIpc) is 2.26. The molecule has 8 heteroatoms. The number of nitrogens with one attached hydrogen (secondary N) is 1. The SMILES string of the molecule is CC(C)NC(=O)c1ccc(N=C(N)N=C(N)N)cc1Cl. The van der Waals surface area contributed by atoms with Gasteiger partial charge in [0, 0.05) is 6.04 Å². The number of aliphatic imine (C=N–C) groups is 2. The van der Waals surface area contributed by atoms with Crippen molar-refractivity contribution in [1.82, 2.24) is 5.32 Å². The van der Waals surface area contributed by atoms with Crippen LogP contribution in [0.1, 0.15) is 24.2 Å². The third-order valence-electron chi connectivity index (χ3n) is 2.10. The molecule has 7 nitrogen and oxygen atoms in total. The summed E-state index contributed by atoms with van der Waals surface area (Å²) in [4.78, 5) is 19.4. The van der Waals surface area contributed by atoms with Gasteiger partial charge in [0.1, 0.15) is 0 Å². The molecule has 1 amide bonds. The molecule has 0 aliphatic heterocycles. The van der Waals surface area contributed by atoms with Crippen molar-refractivity contribution in [1.29, 1.82) is 0 Å². The van der Waals surface area contributed by atoms with Crippen LogP contribution in [0.25, 0.3) is 0 Å². The van der Waals surface area contributed by atoms with Crippen LogP contribution in [0.3, 0.4) is 0 Å². The van der Waals surface area contributed by atoms with Gasteiger partial charge >= 0.3 is 0 Å². The molecule has 0 aliphatic rings.